The molecule has 2 rings (SSSR count). The van der Waals surface area contributed by atoms with Gasteiger partial charge in [-0.2, -0.15) is 0 Å². The van der Waals surface area contributed by atoms with Gasteiger partial charge in [0.05, 0.1) is 6.54 Å². The van der Waals surface area contributed by atoms with Gasteiger partial charge in [0.15, 0.2) is 5.69 Å². The molecule has 0 spiro atoms. The highest BCUT2D eigenvalue weighted by molar-refractivity contribution is 5.95. The minimum Gasteiger partial charge on any atom is -0.358 e. The van der Waals surface area contributed by atoms with E-state index in [4.69, 9.17) is 0 Å². The summed E-state index contributed by atoms with van der Waals surface area (Å²) in [6.07, 6.45) is 0.667. The molecule has 0 aliphatic carbocycles. The van der Waals surface area contributed by atoms with Gasteiger partial charge in [-0.05, 0) is 17.4 Å². The number of aromatic nitrogens is 1. The van der Waals surface area contributed by atoms with Crippen LogP contribution in [0.25, 0.3) is 0 Å². The maximum absolute atomic E-state index is 12.0. The van der Waals surface area contributed by atoms with E-state index in [0.29, 0.717) is 19.5 Å². The Morgan fingerprint density at radius 2 is 2.22 bits per heavy atom. The van der Waals surface area contributed by atoms with Crippen molar-refractivity contribution in [3.8, 4) is 0 Å². The number of nitrogens with zero attached hydrogens (tertiary/aromatic N) is 2. The lowest BCUT2D eigenvalue weighted by atomic mass is 10.3. The molecule has 0 bridgehead atoms. The summed E-state index contributed by atoms with van der Waals surface area (Å²) in [5, 5.41) is 13.2. The Hall–Kier alpha value is -2.38. The smallest absolute Gasteiger partial charge is 0.321 e. The van der Waals surface area contributed by atoms with Crippen molar-refractivity contribution >= 4 is 17.6 Å². The molecule has 2 N–H and O–H groups in total. The molecule has 1 aromatic rings. The average molecular weight is 252 g/mol. The quantitative estimate of drug-likeness (QED) is 0.565. The number of carbonyl (C=O) groups is 2. The zero-order valence-electron chi connectivity index (χ0n) is 9.51. The Labute approximate surface area is 102 Å². The van der Waals surface area contributed by atoms with Crippen LogP contribution in [0.3, 0.4) is 0 Å². The maximum atomic E-state index is 12.0. The third-order valence-corrected chi connectivity index (χ3v) is 2.65. The number of rotatable bonds is 2. The molecule has 0 aromatic carbocycles. The predicted octanol–water partition coefficient (Wildman–Crippen LogP) is -0.115. The largest absolute Gasteiger partial charge is 0.358 e. The Balaban J connectivity index is 2.13. The van der Waals surface area contributed by atoms with Crippen LogP contribution in [-0.4, -0.2) is 46.3 Å². The van der Waals surface area contributed by atoms with Gasteiger partial charge in [0.2, 0.25) is 5.91 Å². The highest BCUT2D eigenvalue weighted by Gasteiger charge is 2.24. The molecule has 1 saturated heterocycles. The first-order valence-corrected chi connectivity index (χ1v) is 5.47. The summed E-state index contributed by atoms with van der Waals surface area (Å²) in [5.74, 6) is -0.861. The van der Waals surface area contributed by atoms with Crippen LogP contribution in [0, 0.1) is 10.1 Å². The van der Waals surface area contributed by atoms with E-state index >= 15 is 0 Å². The second-order valence-electron chi connectivity index (χ2n) is 3.94. The monoisotopic (exact) mass is 252 g/mol. The molecule has 0 unspecified atom stereocenters. The maximum Gasteiger partial charge on any atom is 0.321 e. The number of amides is 2. The third kappa shape index (κ3) is 2.47. The van der Waals surface area contributed by atoms with Crippen LogP contribution < -0.4 is 5.32 Å². The summed E-state index contributed by atoms with van der Waals surface area (Å²) < 4.78 is 0. The van der Waals surface area contributed by atoms with Crippen molar-refractivity contribution in [3.63, 3.8) is 0 Å². The van der Waals surface area contributed by atoms with Crippen molar-refractivity contribution in [3.05, 3.63) is 27.9 Å². The molecule has 2 amide bonds. The van der Waals surface area contributed by atoms with Gasteiger partial charge in [-0.15, -0.1) is 0 Å². The number of nitrogens with one attached hydrogen (secondary N) is 2. The molecule has 1 aliphatic heterocycles. The summed E-state index contributed by atoms with van der Waals surface area (Å²) in [5.41, 5.74) is 0.122. The first-order chi connectivity index (χ1) is 8.58. The van der Waals surface area contributed by atoms with Gasteiger partial charge in [0.25, 0.3) is 5.91 Å². The lowest BCUT2D eigenvalue weighted by Crippen LogP contribution is -2.37. The highest BCUT2D eigenvalue weighted by atomic mass is 16.6. The van der Waals surface area contributed by atoms with Crippen LogP contribution in [0.15, 0.2) is 12.1 Å². The van der Waals surface area contributed by atoms with E-state index in [1.807, 2.05) is 0 Å². The standard InChI is InChI=1S/C10H12N4O4/c15-9-6-13(5-1-4-11-9)10(16)7-2-3-8(12-7)14(17)18/h2-3,12H,1,4-6H2,(H,11,15). The van der Waals surface area contributed by atoms with Crippen LogP contribution in [0.2, 0.25) is 0 Å². The molecule has 1 aliphatic rings. The Kier molecular flexibility index (Phi) is 3.26. The van der Waals surface area contributed by atoms with Crippen molar-refractivity contribution in [2.24, 2.45) is 0 Å². The second-order valence-corrected chi connectivity index (χ2v) is 3.94. The fourth-order valence-corrected chi connectivity index (χ4v) is 1.76. The van der Waals surface area contributed by atoms with Crippen molar-refractivity contribution in [1.29, 1.82) is 0 Å². The van der Waals surface area contributed by atoms with E-state index in [0.717, 1.165) is 0 Å². The number of hydrogen-bond acceptors (Lipinski definition) is 4. The molecular weight excluding hydrogens is 240 g/mol. The van der Waals surface area contributed by atoms with Crippen molar-refractivity contribution < 1.29 is 14.5 Å². The molecule has 8 heteroatoms. The van der Waals surface area contributed by atoms with Crippen molar-refractivity contribution in [1.82, 2.24) is 15.2 Å². The molecule has 96 valence electrons. The van der Waals surface area contributed by atoms with Gasteiger partial charge in [-0.1, -0.05) is 0 Å². The first kappa shape index (κ1) is 12.1. The molecule has 0 radical (unpaired) electrons. The van der Waals surface area contributed by atoms with Gasteiger partial charge in [0.1, 0.15) is 0 Å². The first-order valence-electron chi connectivity index (χ1n) is 5.47. The second kappa shape index (κ2) is 4.86. The van der Waals surface area contributed by atoms with E-state index in [9.17, 15) is 19.7 Å². The van der Waals surface area contributed by atoms with E-state index in [1.165, 1.54) is 17.0 Å². The summed E-state index contributed by atoms with van der Waals surface area (Å²) in [4.78, 5) is 37.0. The zero-order chi connectivity index (χ0) is 13.1. The topological polar surface area (TPSA) is 108 Å². The Bertz CT molecular complexity index is 496. The van der Waals surface area contributed by atoms with Crippen LogP contribution in [0.5, 0.6) is 0 Å². The number of nitro groups is 1. The van der Waals surface area contributed by atoms with Crippen molar-refractivity contribution in [2.75, 3.05) is 19.6 Å². The predicted molar refractivity (Wildman–Crippen MR) is 61.0 cm³/mol. The minimum absolute atomic E-state index is 0.0222. The third-order valence-electron chi connectivity index (χ3n) is 2.65. The van der Waals surface area contributed by atoms with Crippen molar-refractivity contribution in [2.45, 2.75) is 6.42 Å². The van der Waals surface area contributed by atoms with Crippen LogP contribution in [0.4, 0.5) is 5.82 Å². The minimum atomic E-state index is -0.605. The molecule has 0 atom stereocenters. The van der Waals surface area contributed by atoms with Crippen LogP contribution in [-0.2, 0) is 4.79 Å². The number of H-pyrrole nitrogens is 1. The summed E-state index contributed by atoms with van der Waals surface area (Å²) in [6, 6.07) is 2.58. The van der Waals surface area contributed by atoms with Gasteiger partial charge in [-0.3, -0.25) is 9.59 Å². The van der Waals surface area contributed by atoms with Gasteiger partial charge in [-0.25, -0.2) is 4.98 Å². The molecule has 18 heavy (non-hydrogen) atoms. The van der Waals surface area contributed by atoms with Gasteiger partial charge < -0.3 is 20.3 Å². The van der Waals surface area contributed by atoms with E-state index in [1.54, 1.807) is 0 Å². The van der Waals surface area contributed by atoms with Crippen LogP contribution >= 0.6 is 0 Å². The molecule has 1 aromatic heterocycles. The number of carbonyl (C=O) groups excluding carboxylic acids is 2. The molecule has 2 heterocycles. The molecule has 8 nitrogen and oxygen atoms in total. The zero-order valence-corrected chi connectivity index (χ0v) is 9.51. The van der Waals surface area contributed by atoms with E-state index in [-0.39, 0.29) is 24.0 Å². The summed E-state index contributed by atoms with van der Waals surface area (Å²) in [7, 11) is 0. The van der Waals surface area contributed by atoms with Gasteiger partial charge in [0, 0.05) is 19.2 Å². The lowest BCUT2D eigenvalue weighted by molar-refractivity contribution is -0.389. The lowest BCUT2D eigenvalue weighted by Gasteiger charge is -2.16. The van der Waals surface area contributed by atoms with Crippen LogP contribution in [0.1, 0.15) is 16.9 Å². The number of hydrogen-bond donors (Lipinski definition) is 2. The number of aromatic amines is 1. The molecular formula is C10H12N4O4. The summed E-state index contributed by atoms with van der Waals surface area (Å²) >= 11 is 0. The SMILES string of the molecule is O=C1CN(C(=O)c2ccc([N+](=O)[O-])[nH]2)CCCN1. The van der Waals surface area contributed by atoms with E-state index in [2.05, 4.69) is 10.3 Å². The Morgan fingerprint density at radius 3 is 2.89 bits per heavy atom. The average Bonchev–Trinajstić information content (AvgIpc) is 2.72. The normalized spacial score (nSPS) is 16.0. The molecule has 0 saturated carbocycles. The molecule has 1 fully saturated rings. The fraction of sp³-hybridized carbons (Fsp3) is 0.400. The fourth-order valence-electron chi connectivity index (χ4n) is 1.76. The highest BCUT2D eigenvalue weighted by Crippen LogP contribution is 2.12. The Morgan fingerprint density at radius 1 is 1.44 bits per heavy atom. The van der Waals surface area contributed by atoms with E-state index < -0.39 is 10.8 Å². The van der Waals surface area contributed by atoms with Gasteiger partial charge >= 0.3 is 5.82 Å². The summed E-state index contributed by atoms with van der Waals surface area (Å²) in [6.45, 7) is 0.962.